The van der Waals surface area contributed by atoms with Crippen LogP contribution in [0, 0.1) is 0 Å². The van der Waals surface area contributed by atoms with Crippen LogP contribution in [0.25, 0.3) is 10.9 Å². The van der Waals surface area contributed by atoms with Gasteiger partial charge in [-0.05, 0) is 13.1 Å². The van der Waals surface area contributed by atoms with Gasteiger partial charge in [0.05, 0.1) is 16.2 Å². The van der Waals surface area contributed by atoms with Crippen molar-refractivity contribution in [3.8, 4) is 0 Å². The highest BCUT2D eigenvalue weighted by molar-refractivity contribution is 6.34. The van der Waals surface area contributed by atoms with Gasteiger partial charge in [0.1, 0.15) is 0 Å². The molecule has 1 aromatic heterocycles. The van der Waals surface area contributed by atoms with E-state index in [-0.39, 0.29) is 0 Å². The van der Waals surface area contributed by atoms with E-state index in [2.05, 4.69) is 10.4 Å². The number of nitrogens with zero attached hydrogens (tertiary/aromatic N) is 2. The lowest BCUT2D eigenvalue weighted by Gasteiger charge is -2.07. The standard InChI is InChI=1S/C10H13ClN4/c1-13-4-6-7-5-15(2)14-9(7)3-8(11)10(6)12/h3,5,13H,4,12H2,1-2H3. The van der Waals surface area contributed by atoms with E-state index in [1.807, 2.05) is 20.3 Å². The molecule has 0 saturated heterocycles. The molecule has 15 heavy (non-hydrogen) atoms. The molecule has 0 fully saturated rings. The average molecular weight is 225 g/mol. The van der Waals surface area contributed by atoms with Gasteiger partial charge >= 0.3 is 0 Å². The number of nitrogens with one attached hydrogen (secondary N) is 1. The Morgan fingerprint density at radius 1 is 1.60 bits per heavy atom. The zero-order valence-corrected chi connectivity index (χ0v) is 9.47. The molecule has 2 rings (SSSR count). The Morgan fingerprint density at radius 3 is 3.00 bits per heavy atom. The van der Waals surface area contributed by atoms with Gasteiger partial charge < -0.3 is 11.1 Å². The molecule has 0 aliphatic heterocycles. The third-order valence-electron chi connectivity index (χ3n) is 2.38. The number of rotatable bonds is 2. The Bertz CT molecular complexity index is 504. The van der Waals surface area contributed by atoms with Gasteiger partial charge in [0, 0.05) is 30.7 Å². The van der Waals surface area contributed by atoms with Crippen LogP contribution in [0.5, 0.6) is 0 Å². The summed E-state index contributed by atoms with van der Waals surface area (Å²) in [5.41, 5.74) is 8.45. The highest BCUT2D eigenvalue weighted by Gasteiger charge is 2.11. The molecular weight excluding hydrogens is 212 g/mol. The predicted octanol–water partition coefficient (Wildman–Crippen LogP) is 1.53. The van der Waals surface area contributed by atoms with E-state index < -0.39 is 0 Å². The maximum Gasteiger partial charge on any atom is 0.0942 e. The molecule has 5 heteroatoms. The zero-order valence-electron chi connectivity index (χ0n) is 8.71. The summed E-state index contributed by atoms with van der Waals surface area (Å²) in [6.45, 7) is 0.689. The molecule has 80 valence electrons. The second-order valence-electron chi connectivity index (χ2n) is 3.52. The fourth-order valence-electron chi connectivity index (χ4n) is 1.70. The van der Waals surface area contributed by atoms with Crippen LogP contribution in [0.4, 0.5) is 5.69 Å². The number of hydrogen-bond donors (Lipinski definition) is 2. The van der Waals surface area contributed by atoms with E-state index in [0.717, 1.165) is 16.5 Å². The third-order valence-corrected chi connectivity index (χ3v) is 2.69. The van der Waals surface area contributed by atoms with E-state index in [1.165, 1.54) is 0 Å². The van der Waals surface area contributed by atoms with Gasteiger partial charge in [0.25, 0.3) is 0 Å². The number of aromatic nitrogens is 2. The van der Waals surface area contributed by atoms with E-state index in [4.69, 9.17) is 17.3 Å². The minimum atomic E-state index is 0.562. The van der Waals surface area contributed by atoms with Crippen molar-refractivity contribution in [3.05, 3.63) is 22.8 Å². The highest BCUT2D eigenvalue weighted by atomic mass is 35.5. The van der Waals surface area contributed by atoms with Crippen LogP contribution in [0.3, 0.4) is 0 Å². The number of anilines is 1. The Balaban J connectivity index is 2.76. The second kappa shape index (κ2) is 3.72. The fraction of sp³-hybridized carbons (Fsp3) is 0.300. The predicted molar refractivity (Wildman–Crippen MR) is 62.9 cm³/mol. The van der Waals surface area contributed by atoms with Crippen molar-refractivity contribution in [2.45, 2.75) is 6.54 Å². The summed E-state index contributed by atoms with van der Waals surface area (Å²) in [7, 11) is 3.76. The number of nitrogen functional groups attached to an aromatic ring is 1. The summed E-state index contributed by atoms with van der Waals surface area (Å²) >= 11 is 6.04. The molecule has 0 atom stereocenters. The number of benzene rings is 1. The van der Waals surface area contributed by atoms with Crippen LogP contribution in [0.15, 0.2) is 12.3 Å². The number of fused-ring (bicyclic) bond motifs is 1. The molecular formula is C10H13ClN4. The lowest BCUT2D eigenvalue weighted by molar-refractivity contribution is 0.779. The number of nitrogens with two attached hydrogens (primary N) is 1. The maximum absolute atomic E-state index is 6.04. The molecule has 0 aliphatic carbocycles. The van der Waals surface area contributed by atoms with Gasteiger partial charge in [-0.15, -0.1) is 0 Å². The van der Waals surface area contributed by atoms with Crippen LogP contribution in [-0.4, -0.2) is 16.8 Å². The Morgan fingerprint density at radius 2 is 2.33 bits per heavy atom. The van der Waals surface area contributed by atoms with E-state index in [1.54, 1.807) is 10.7 Å². The molecule has 0 aliphatic rings. The minimum Gasteiger partial charge on any atom is -0.397 e. The van der Waals surface area contributed by atoms with Gasteiger partial charge in [-0.25, -0.2) is 0 Å². The molecule has 0 spiro atoms. The Labute approximate surface area is 93.0 Å². The first kappa shape index (κ1) is 10.3. The SMILES string of the molecule is CNCc1c(N)c(Cl)cc2nn(C)cc12. The second-order valence-corrected chi connectivity index (χ2v) is 3.92. The van der Waals surface area contributed by atoms with Crippen molar-refractivity contribution in [3.63, 3.8) is 0 Å². The Hall–Kier alpha value is -1.26. The molecule has 4 nitrogen and oxygen atoms in total. The first-order chi connectivity index (χ1) is 7.13. The van der Waals surface area contributed by atoms with Crippen molar-refractivity contribution in [2.75, 3.05) is 12.8 Å². The molecule has 3 N–H and O–H groups in total. The van der Waals surface area contributed by atoms with Crippen LogP contribution in [-0.2, 0) is 13.6 Å². The fourth-order valence-corrected chi connectivity index (χ4v) is 1.92. The summed E-state index contributed by atoms with van der Waals surface area (Å²) < 4.78 is 1.76. The summed E-state index contributed by atoms with van der Waals surface area (Å²) in [6.07, 6.45) is 1.95. The van der Waals surface area contributed by atoms with Crippen molar-refractivity contribution < 1.29 is 0 Å². The van der Waals surface area contributed by atoms with E-state index >= 15 is 0 Å². The van der Waals surface area contributed by atoms with E-state index in [9.17, 15) is 0 Å². The normalized spacial score (nSPS) is 11.1. The average Bonchev–Trinajstić information content (AvgIpc) is 2.53. The molecule has 1 heterocycles. The van der Waals surface area contributed by atoms with Crippen molar-refractivity contribution in [1.82, 2.24) is 15.1 Å². The van der Waals surface area contributed by atoms with Crippen LogP contribution in [0.2, 0.25) is 5.02 Å². The summed E-state index contributed by atoms with van der Waals surface area (Å²) in [4.78, 5) is 0. The van der Waals surface area contributed by atoms with Gasteiger partial charge in [0.15, 0.2) is 0 Å². The highest BCUT2D eigenvalue weighted by Crippen LogP contribution is 2.30. The van der Waals surface area contributed by atoms with Crippen LogP contribution >= 0.6 is 11.6 Å². The van der Waals surface area contributed by atoms with Gasteiger partial charge in [0.2, 0.25) is 0 Å². The molecule has 2 aromatic rings. The smallest absolute Gasteiger partial charge is 0.0942 e. The van der Waals surface area contributed by atoms with E-state index in [0.29, 0.717) is 17.3 Å². The molecule has 1 aromatic carbocycles. The maximum atomic E-state index is 6.04. The third kappa shape index (κ3) is 1.66. The quantitative estimate of drug-likeness (QED) is 0.761. The molecule has 0 bridgehead atoms. The van der Waals surface area contributed by atoms with Crippen LogP contribution < -0.4 is 11.1 Å². The molecule has 0 amide bonds. The van der Waals surface area contributed by atoms with Gasteiger partial charge in [-0.3, -0.25) is 4.68 Å². The zero-order chi connectivity index (χ0) is 11.0. The monoisotopic (exact) mass is 224 g/mol. The lowest BCUT2D eigenvalue weighted by atomic mass is 10.1. The molecule has 0 unspecified atom stereocenters. The summed E-state index contributed by atoms with van der Waals surface area (Å²) in [5, 5.41) is 9.00. The Kier molecular flexibility index (Phi) is 2.54. The number of aryl methyl sites for hydroxylation is 1. The molecule has 0 saturated carbocycles. The van der Waals surface area contributed by atoms with Gasteiger partial charge in [-0.2, -0.15) is 5.10 Å². The first-order valence-corrected chi connectivity index (χ1v) is 5.06. The van der Waals surface area contributed by atoms with Gasteiger partial charge in [-0.1, -0.05) is 11.6 Å². The molecule has 0 radical (unpaired) electrons. The summed E-state index contributed by atoms with van der Waals surface area (Å²) in [5.74, 6) is 0. The first-order valence-electron chi connectivity index (χ1n) is 4.68. The number of hydrogen-bond acceptors (Lipinski definition) is 3. The minimum absolute atomic E-state index is 0.562. The van der Waals surface area contributed by atoms with Crippen LogP contribution in [0.1, 0.15) is 5.56 Å². The van der Waals surface area contributed by atoms with Crippen molar-refractivity contribution in [1.29, 1.82) is 0 Å². The topological polar surface area (TPSA) is 55.9 Å². The lowest BCUT2D eigenvalue weighted by Crippen LogP contribution is -2.08. The van der Waals surface area contributed by atoms with Crippen molar-refractivity contribution >= 4 is 28.2 Å². The summed E-state index contributed by atoms with van der Waals surface area (Å²) in [6, 6.07) is 1.80. The van der Waals surface area contributed by atoms with Crippen molar-refractivity contribution in [2.24, 2.45) is 7.05 Å². The number of halogens is 1. The largest absolute Gasteiger partial charge is 0.397 e.